The van der Waals surface area contributed by atoms with Gasteiger partial charge in [-0.25, -0.2) is 4.68 Å². The van der Waals surface area contributed by atoms with Gasteiger partial charge >= 0.3 is 0 Å². The molecule has 1 aliphatic rings. The molecule has 1 aliphatic heterocycles. The molecule has 1 saturated heterocycles. The molecule has 4 rings (SSSR count). The van der Waals surface area contributed by atoms with E-state index in [1.807, 2.05) is 37.4 Å². The quantitative estimate of drug-likeness (QED) is 0.748. The molecule has 1 aromatic carbocycles. The number of morpholine rings is 1. The summed E-state index contributed by atoms with van der Waals surface area (Å²) < 4.78 is 7.47. The second kappa shape index (κ2) is 6.46. The predicted octanol–water partition coefficient (Wildman–Crippen LogP) is 0.569. The number of H-pyrrole nitrogens is 1. The van der Waals surface area contributed by atoms with E-state index in [2.05, 4.69) is 35.8 Å². The second-order valence-electron chi connectivity index (χ2n) is 5.74. The van der Waals surface area contributed by atoms with Crippen LogP contribution < -0.4 is 0 Å². The van der Waals surface area contributed by atoms with Gasteiger partial charge in [-0.2, -0.15) is 15.4 Å². The van der Waals surface area contributed by atoms with Crippen LogP contribution in [0.4, 0.5) is 0 Å². The maximum atomic E-state index is 5.82. The molecule has 24 heavy (non-hydrogen) atoms. The zero-order valence-corrected chi connectivity index (χ0v) is 13.3. The van der Waals surface area contributed by atoms with Gasteiger partial charge in [0.15, 0.2) is 5.82 Å². The first-order chi connectivity index (χ1) is 11.8. The third-order valence-electron chi connectivity index (χ3n) is 4.13. The minimum absolute atomic E-state index is 0.133. The van der Waals surface area contributed by atoms with Crippen molar-refractivity contribution in [3.63, 3.8) is 0 Å². The fourth-order valence-corrected chi connectivity index (χ4v) is 2.91. The van der Waals surface area contributed by atoms with Crippen LogP contribution in [-0.4, -0.2) is 60.2 Å². The minimum Gasteiger partial charge on any atom is -0.367 e. The fourth-order valence-electron chi connectivity index (χ4n) is 2.91. The molecule has 1 atom stereocenters. The number of nitrogens with one attached hydrogen (secondary N) is 1. The van der Waals surface area contributed by atoms with Gasteiger partial charge in [0.2, 0.25) is 0 Å². The number of aryl methyl sites for hydroxylation is 1. The van der Waals surface area contributed by atoms with Crippen LogP contribution in [0.5, 0.6) is 0 Å². The molecule has 9 heteroatoms. The third kappa shape index (κ3) is 2.91. The highest BCUT2D eigenvalue weighted by atomic mass is 16.5. The van der Waals surface area contributed by atoms with Crippen LogP contribution in [-0.2, 0) is 18.3 Å². The highest BCUT2D eigenvalue weighted by molar-refractivity contribution is 5.60. The number of rotatable bonds is 4. The fraction of sp³-hybridized carbons (Fsp3) is 0.400. The van der Waals surface area contributed by atoms with Crippen LogP contribution in [0.2, 0.25) is 0 Å². The van der Waals surface area contributed by atoms with Gasteiger partial charge in [0.05, 0.1) is 6.61 Å². The van der Waals surface area contributed by atoms with Gasteiger partial charge in [-0.05, 0) is 10.4 Å². The van der Waals surface area contributed by atoms with E-state index in [4.69, 9.17) is 4.74 Å². The highest BCUT2D eigenvalue weighted by Crippen LogP contribution is 2.24. The molecule has 9 nitrogen and oxygen atoms in total. The standard InChI is InChI=1S/C15H18N8O/c1-22-15(18-20-21-22)13-10-23(7-8-24-13)9-12-14(17-19-16-12)11-5-3-2-4-6-11/h2-6,13H,7-10H2,1H3,(H,16,17,19). The van der Waals surface area contributed by atoms with E-state index in [0.717, 1.165) is 35.9 Å². The van der Waals surface area contributed by atoms with Crippen LogP contribution in [0.3, 0.4) is 0 Å². The Morgan fingerprint density at radius 2 is 2.12 bits per heavy atom. The topological polar surface area (TPSA) is 97.6 Å². The Morgan fingerprint density at radius 3 is 2.92 bits per heavy atom. The lowest BCUT2D eigenvalue weighted by Gasteiger charge is -2.31. The van der Waals surface area contributed by atoms with Crippen molar-refractivity contribution in [3.8, 4) is 11.3 Å². The second-order valence-corrected chi connectivity index (χ2v) is 5.74. The van der Waals surface area contributed by atoms with E-state index in [9.17, 15) is 0 Å². The summed E-state index contributed by atoms with van der Waals surface area (Å²) in [6.45, 7) is 2.89. The molecule has 3 heterocycles. The van der Waals surface area contributed by atoms with Crippen molar-refractivity contribution in [3.05, 3.63) is 41.9 Å². The summed E-state index contributed by atoms with van der Waals surface area (Å²) in [5.74, 6) is 0.739. The molecule has 0 aliphatic carbocycles. The lowest BCUT2D eigenvalue weighted by atomic mass is 10.1. The average molecular weight is 326 g/mol. The van der Waals surface area contributed by atoms with Gasteiger partial charge in [-0.3, -0.25) is 4.90 Å². The van der Waals surface area contributed by atoms with Crippen molar-refractivity contribution >= 4 is 0 Å². The lowest BCUT2D eigenvalue weighted by Crippen LogP contribution is -2.38. The first-order valence-corrected chi connectivity index (χ1v) is 7.82. The Labute approximate surface area is 138 Å². The van der Waals surface area contributed by atoms with Crippen molar-refractivity contribution in [1.82, 2.24) is 40.5 Å². The molecule has 0 spiro atoms. The van der Waals surface area contributed by atoms with Gasteiger partial charge < -0.3 is 4.74 Å². The van der Waals surface area contributed by atoms with Crippen LogP contribution in [0, 0.1) is 0 Å². The lowest BCUT2D eigenvalue weighted by molar-refractivity contribution is -0.0391. The normalized spacial score (nSPS) is 18.8. The summed E-state index contributed by atoms with van der Waals surface area (Å²) >= 11 is 0. The third-order valence-corrected chi connectivity index (χ3v) is 4.13. The molecule has 1 N–H and O–H groups in total. The molecule has 0 bridgehead atoms. The van der Waals surface area contributed by atoms with E-state index in [1.165, 1.54) is 0 Å². The van der Waals surface area contributed by atoms with Gasteiger partial charge in [0.1, 0.15) is 17.5 Å². The number of hydrogen-bond acceptors (Lipinski definition) is 7. The van der Waals surface area contributed by atoms with E-state index < -0.39 is 0 Å². The number of nitrogens with zero attached hydrogens (tertiary/aromatic N) is 7. The Kier molecular flexibility index (Phi) is 4.01. The molecular weight excluding hydrogens is 308 g/mol. The minimum atomic E-state index is -0.133. The number of tetrazole rings is 1. The molecular formula is C15H18N8O. The van der Waals surface area contributed by atoms with E-state index >= 15 is 0 Å². The summed E-state index contributed by atoms with van der Waals surface area (Å²) in [4.78, 5) is 2.28. The Morgan fingerprint density at radius 1 is 1.25 bits per heavy atom. The van der Waals surface area contributed by atoms with Crippen molar-refractivity contribution < 1.29 is 4.74 Å². The Balaban J connectivity index is 1.50. The first-order valence-electron chi connectivity index (χ1n) is 7.82. The number of aromatic amines is 1. The van der Waals surface area contributed by atoms with Crippen LogP contribution in [0.25, 0.3) is 11.3 Å². The maximum absolute atomic E-state index is 5.82. The van der Waals surface area contributed by atoms with E-state index in [-0.39, 0.29) is 6.10 Å². The Hall–Kier alpha value is -2.65. The largest absolute Gasteiger partial charge is 0.367 e. The molecule has 1 fully saturated rings. The van der Waals surface area contributed by atoms with Crippen molar-refractivity contribution in [1.29, 1.82) is 0 Å². The summed E-state index contributed by atoms with van der Waals surface area (Å²) in [6, 6.07) is 10.1. The summed E-state index contributed by atoms with van der Waals surface area (Å²) in [7, 11) is 1.82. The number of benzene rings is 1. The number of hydrogen-bond donors (Lipinski definition) is 1. The van der Waals surface area contributed by atoms with Gasteiger partial charge in [0.25, 0.3) is 0 Å². The monoisotopic (exact) mass is 326 g/mol. The SMILES string of the molecule is Cn1nnnc1C1CN(Cc2n[nH]nc2-c2ccccc2)CCO1. The van der Waals surface area contributed by atoms with E-state index in [0.29, 0.717) is 13.2 Å². The summed E-state index contributed by atoms with van der Waals surface area (Å²) in [5, 5.41) is 23.0. The predicted molar refractivity (Wildman–Crippen MR) is 84.6 cm³/mol. The van der Waals surface area contributed by atoms with Crippen LogP contribution in [0.1, 0.15) is 17.6 Å². The molecule has 124 valence electrons. The molecule has 0 amide bonds. The zero-order valence-electron chi connectivity index (χ0n) is 13.3. The molecule has 1 unspecified atom stereocenters. The van der Waals surface area contributed by atoms with Crippen molar-refractivity contribution in [2.75, 3.05) is 19.7 Å². The van der Waals surface area contributed by atoms with Crippen molar-refractivity contribution in [2.24, 2.45) is 7.05 Å². The van der Waals surface area contributed by atoms with Crippen LogP contribution >= 0.6 is 0 Å². The molecule has 2 aromatic heterocycles. The zero-order chi connectivity index (χ0) is 16.4. The molecule has 0 saturated carbocycles. The van der Waals surface area contributed by atoms with Gasteiger partial charge in [0, 0.05) is 32.2 Å². The molecule has 3 aromatic rings. The van der Waals surface area contributed by atoms with Gasteiger partial charge in [-0.1, -0.05) is 30.3 Å². The summed E-state index contributed by atoms with van der Waals surface area (Å²) in [6.07, 6.45) is -0.133. The van der Waals surface area contributed by atoms with Crippen molar-refractivity contribution in [2.45, 2.75) is 12.6 Å². The number of aromatic nitrogens is 7. The molecule has 0 radical (unpaired) electrons. The summed E-state index contributed by atoms with van der Waals surface area (Å²) in [5.41, 5.74) is 2.88. The number of ether oxygens (including phenoxy) is 1. The van der Waals surface area contributed by atoms with E-state index in [1.54, 1.807) is 4.68 Å². The Bertz CT molecular complexity index is 799. The smallest absolute Gasteiger partial charge is 0.181 e. The average Bonchev–Trinajstić information content (AvgIpc) is 3.25. The maximum Gasteiger partial charge on any atom is 0.181 e. The first kappa shape index (κ1) is 14.9. The van der Waals surface area contributed by atoms with Gasteiger partial charge in [-0.15, -0.1) is 5.10 Å². The van der Waals surface area contributed by atoms with Crippen LogP contribution in [0.15, 0.2) is 30.3 Å². The highest BCUT2D eigenvalue weighted by Gasteiger charge is 2.27.